The van der Waals surface area contributed by atoms with Crippen molar-refractivity contribution >= 4 is 23.4 Å². The Morgan fingerprint density at radius 2 is 2.22 bits per heavy atom. The average molecular weight is 266 g/mol. The molecule has 0 aliphatic heterocycles. The number of aryl methyl sites for hydroxylation is 1. The van der Waals surface area contributed by atoms with Crippen molar-refractivity contribution in [2.75, 3.05) is 16.8 Å². The molecule has 0 amide bonds. The van der Waals surface area contributed by atoms with Crippen LogP contribution in [-0.4, -0.2) is 27.0 Å². The van der Waals surface area contributed by atoms with Crippen molar-refractivity contribution in [3.63, 3.8) is 0 Å². The molecule has 0 spiro atoms. The molecule has 1 saturated carbocycles. The van der Waals surface area contributed by atoms with Crippen LogP contribution in [-0.2, 0) is 6.42 Å². The van der Waals surface area contributed by atoms with Gasteiger partial charge in [-0.15, -0.1) is 0 Å². The Bertz CT molecular complexity index is 397. The summed E-state index contributed by atoms with van der Waals surface area (Å²) in [6.45, 7) is 4.27. The fraction of sp³-hybridized carbons (Fsp3) is 0.692. The van der Waals surface area contributed by atoms with Gasteiger partial charge in [-0.1, -0.05) is 13.8 Å². The molecule has 2 rings (SSSR count). The number of rotatable bonds is 5. The summed E-state index contributed by atoms with van der Waals surface area (Å²) in [5.74, 6) is 3.46. The second kappa shape index (κ2) is 6.27. The second-order valence-electron chi connectivity index (χ2n) is 4.68. The molecule has 1 aromatic rings. The van der Waals surface area contributed by atoms with Crippen molar-refractivity contribution in [1.29, 1.82) is 0 Å². The summed E-state index contributed by atoms with van der Waals surface area (Å²) in [5, 5.41) is 4.30. The van der Waals surface area contributed by atoms with Gasteiger partial charge in [0, 0.05) is 23.8 Å². The average Bonchev–Trinajstić information content (AvgIpc) is 2.76. The standard InChI is InChI=1S/C13H22N4S/c1-3-12-16-11(14)8-13(17-12)15-9-5-6-10(7-9)18-4-2/h8-10H,3-7H2,1-2H3,(H3,14,15,16,17). The maximum Gasteiger partial charge on any atom is 0.132 e. The first kappa shape index (κ1) is 13.5. The van der Waals surface area contributed by atoms with Crippen molar-refractivity contribution in [3.8, 4) is 0 Å². The van der Waals surface area contributed by atoms with Gasteiger partial charge in [0.1, 0.15) is 17.5 Å². The van der Waals surface area contributed by atoms with Crippen LogP contribution in [0.3, 0.4) is 0 Å². The SMILES string of the molecule is CCSC1CCC(Nc2cc(N)nc(CC)n2)C1. The lowest BCUT2D eigenvalue weighted by atomic mass is 10.2. The molecule has 1 aliphatic carbocycles. The summed E-state index contributed by atoms with van der Waals surface area (Å²) in [7, 11) is 0. The number of thioether (sulfide) groups is 1. The molecule has 2 atom stereocenters. The Kier molecular flexibility index (Phi) is 4.69. The summed E-state index contributed by atoms with van der Waals surface area (Å²) in [5.41, 5.74) is 5.79. The lowest BCUT2D eigenvalue weighted by Crippen LogP contribution is -2.18. The zero-order valence-corrected chi connectivity index (χ0v) is 12.0. The largest absolute Gasteiger partial charge is 0.384 e. The van der Waals surface area contributed by atoms with Crippen LogP contribution in [0.4, 0.5) is 11.6 Å². The van der Waals surface area contributed by atoms with E-state index in [1.165, 1.54) is 25.0 Å². The summed E-state index contributed by atoms with van der Waals surface area (Å²) in [4.78, 5) is 8.67. The molecule has 1 aromatic heterocycles. The van der Waals surface area contributed by atoms with Gasteiger partial charge in [-0.2, -0.15) is 11.8 Å². The van der Waals surface area contributed by atoms with E-state index < -0.39 is 0 Å². The van der Waals surface area contributed by atoms with Gasteiger partial charge in [0.2, 0.25) is 0 Å². The van der Waals surface area contributed by atoms with E-state index in [-0.39, 0.29) is 0 Å². The minimum atomic E-state index is 0.535. The molecule has 0 aromatic carbocycles. The molecule has 1 aliphatic rings. The van der Waals surface area contributed by atoms with Gasteiger partial charge >= 0.3 is 0 Å². The Labute approximate surface area is 113 Å². The predicted octanol–water partition coefficient (Wildman–Crippen LogP) is 2.71. The summed E-state index contributed by atoms with van der Waals surface area (Å²) in [6, 6.07) is 2.37. The molecule has 1 heterocycles. The molecule has 0 saturated heterocycles. The fourth-order valence-corrected chi connectivity index (χ4v) is 3.56. The van der Waals surface area contributed by atoms with Crippen LogP contribution in [0.15, 0.2) is 6.07 Å². The fourth-order valence-electron chi connectivity index (χ4n) is 2.42. The number of aromatic nitrogens is 2. The van der Waals surface area contributed by atoms with E-state index in [4.69, 9.17) is 5.73 Å². The topological polar surface area (TPSA) is 63.8 Å². The van der Waals surface area contributed by atoms with Crippen molar-refractivity contribution in [2.45, 2.75) is 50.8 Å². The number of hydrogen-bond acceptors (Lipinski definition) is 5. The molecule has 0 bridgehead atoms. The van der Waals surface area contributed by atoms with Crippen LogP contribution >= 0.6 is 11.8 Å². The monoisotopic (exact) mass is 266 g/mol. The molecule has 100 valence electrons. The number of nitrogens with zero attached hydrogens (tertiary/aromatic N) is 2. The van der Waals surface area contributed by atoms with Crippen LogP contribution in [0.2, 0.25) is 0 Å². The minimum absolute atomic E-state index is 0.535. The summed E-state index contributed by atoms with van der Waals surface area (Å²) >= 11 is 2.07. The summed E-state index contributed by atoms with van der Waals surface area (Å²) in [6.07, 6.45) is 4.57. The molecule has 2 unspecified atom stereocenters. The molecule has 5 heteroatoms. The van der Waals surface area contributed by atoms with E-state index in [9.17, 15) is 0 Å². The van der Waals surface area contributed by atoms with E-state index in [1.807, 2.05) is 13.0 Å². The Morgan fingerprint density at radius 3 is 2.94 bits per heavy atom. The highest BCUT2D eigenvalue weighted by Crippen LogP contribution is 2.31. The number of nitrogens with two attached hydrogens (primary N) is 1. The molecular formula is C13H22N4S. The highest BCUT2D eigenvalue weighted by molar-refractivity contribution is 7.99. The molecule has 3 N–H and O–H groups in total. The maximum atomic E-state index is 5.79. The normalized spacial score (nSPS) is 23.2. The van der Waals surface area contributed by atoms with E-state index >= 15 is 0 Å². The second-order valence-corrected chi connectivity index (χ2v) is 6.26. The molecule has 18 heavy (non-hydrogen) atoms. The van der Waals surface area contributed by atoms with Crippen LogP contribution < -0.4 is 11.1 Å². The highest BCUT2D eigenvalue weighted by atomic mass is 32.2. The number of hydrogen-bond donors (Lipinski definition) is 2. The van der Waals surface area contributed by atoms with E-state index in [0.717, 1.165) is 23.3 Å². The third kappa shape index (κ3) is 3.51. The number of nitrogen functional groups attached to an aromatic ring is 1. The quantitative estimate of drug-likeness (QED) is 0.858. The third-order valence-corrected chi connectivity index (χ3v) is 4.48. The first-order valence-electron chi connectivity index (χ1n) is 6.72. The van der Waals surface area contributed by atoms with E-state index in [0.29, 0.717) is 11.9 Å². The zero-order valence-electron chi connectivity index (χ0n) is 11.1. The predicted molar refractivity (Wildman–Crippen MR) is 79.0 cm³/mol. The Hall–Kier alpha value is -0.970. The van der Waals surface area contributed by atoms with Crippen molar-refractivity contribution in [3.05, 3.63) is 11.9 Å². The molecule has 1 fully saturated rings. The van der Waals surface area contributed by atoms with E-state index in [2.05, 4.69) is 34.0 Å². The maximum absolute atomic E-state index is 5.79. The van der Waals surface area contributed by atoms with Gasteiger partial charge in [-0.3, -0.25) is 0 Å². The zero-order chi connectivity index (χ0) is 13.0. The number of anilines is 2. The molecular weight excluding hydrogens is 244 g/mol. The summed E-state index contributed by atoms with van der Waals surface area (Å²) < 4.78 is 0. The van der Waals surface area contributed by atoms with Gasteiger partial charge in [-0.05, 0) is 25.0 Å². The van der Waals surface area contributed by atoms with Crippen LogP contribution in [0, 0.1) is 0 Å². The van der Waals surface area contributed by atoms with Gasteiger partial charge in [0.25, 0.3) is 0 Å². The van der Waals surface area contributed by atoms with Crippen molar-refractivity contribution in [2.24, 2.45) is 0 Å². The first-order valence-corrected chi connectivity index (χ1v) is 7.77. The van der Waals surface area contributed by atoms with Crippen LogP contribution in [0.1, 0.15) is 38.9 Å². The van der Waals surface area contributed by atoms with Gasteiger partial charge in [0.05, 0.1) is 0 Å². The highest BCUT2D eigenvalue weighted by Gasteiger charge is 2.24. The Morgan fingerprint density at radius 1 is 1.39 bits per heavy atom. The van der Waals surface area contributed by atoms with Crippen molar-refractivity contribution in [1.82, 2.24) is 9.97 Å². The lowest BCUT2D eigenvalue weighted by molar-refractivity contribution is 0.748. The number of nitrogens with one attached hydrogen (secondary N) is 1. The smallest absolute Gasteiger partial charge is 0.132 e. The Balaban J connectivity index is 1.95. The van der Waals surface area contributed by atoms with Crippen LogP contribution in [0.5, 0.6) is 0 Å². The minimum Gasteiger partial charge on any atom is -0.384 e. The van der Waals surface area contributed by atoms with Crippen molar-refractivity contribution < 1.29 is 0 Å². The first-order chi connectivity index (χ1) is 8.71. The van der Waals surface area contributed by atoms with E-state index in [1.54, 1.807) is 0 Å². The van der Waals surface area contributed by atoms with Gasteiger partial charge in [0.15, 0.2) is 0 Å². The van der Waals surface area contributed by atoms with Gasteiger partial charge in [-0.25, -0.2) is 9.97 Å². The molecule has 0 radical (unpaired) electrons. The third-order valence-electron chi connectivity index (χ3n) is 3.25. The lowest BCUT2D eigenvalue weighted by Gasteiger charge is -2.14. The molecule has 4 nitrogen and oxygen atoms in total. The van der Waals surface area contributed by atoms with Gasteiger partial charge < -0.3 is 11.1 Å². The van der Waals surface area contributed by atoms with Crippen LogP contribution in [0.25, 0.3) is 0 Å².